The van der Waals surface area contributed by atoms with Crippen LogP contribution in [0.15, 0.2) is 0 Å². The maximum absolute atomic E-state index is 11.1. The molecule has 88 valence electrons. The van der Waals surface area contributed by atoms with Gasteiger partial charge in [0.25, 0.3) is 0 Å². The Hall–Kier alpha value is -0.570. The summed E-state index contributed by atoms with van der Waals surface area (Å²) >= 11 is 0. The Kier molecular flexibility index (Phi) is 3.77. The summed E-state index contributed by atoms with van der Waals surface area (Å²) in [5.74, 6) is 0.757. The third-order valence-electron chi connectivity index (χ3n) is 3.50. The van der Waals surface area contributed by atoms with E-state index in [-0.39, 0.29) is 23.5 Å². The highest BCUT2D eigenvalue weighted by molar-refractivity contribution is 5.73. The Labute approximate surface area is 92.3 Å². The molecule has 0 aromatic heterocycles. The number of hydrogen-bond donors (Lipinski definition) is 2. The molecule has 0 radical (unpaired) electrons. The lowest BCUT2D eigenvalue weighted by molar-refractivity contribution is -0.122. The summed E-state index contributed by atoms with van der Waals surface area (Å²) in [6.07, 6.45) is 2.71. The Bertz CT molecular complexity index is 238. The number of aliphatic hydroxyl groups excluding tert-OH is 1. The van der Waals surface area contributed by atoms with Crippen molar-refractivity contribution < 1.29 is 9.90 Å². The fourth-order valence-corrected chi connectivity index (χ4v) is 2.74. The van der Waals surface area contributed by atoms with Gasteiger partial charge in [-0.1, -0.05) is 13.3 Å². The number of nitrogens with one attached hydrogen (secondary N) is 1. The molecule has 3 atom stereocenters. The van der Waals surface area contributed by atoms with Crippen LogP contribution in [0.25, 0.3) is 0 Å². The molecule has 1 aliphatic carbocycles. The molecule has 0 aliphatic heterocycles. The van der Waals surface area contributed by atoms with Gasteiger partial charge in [0.15, 0.2) is 0 Å². The van der Waals surface area contributed by atoms with Crippen molar-refractivity contribution in [2.24, 2.45) is 11.8 Å². The van der Waals surface area contributed by atoms with Crippen molar-refractivity contribution in [3.63, 3.8) is 0 Å². The van der Waals surface area contributed by atoms with Crippen molar-refractivity contribution in [2.75, 3.05) is 0 Å². The molecule has 0 aromatic carbocycles. The molecule has 1 fully saturated rings. The van der Waals surface area contributed by atoms with Crippen LogP contribution < -0.4 is 5.32 Å². The lowest BCUT2D eigenvalue weighted by atomic mass is 9.72. The molecule has 0 unspecified atom stereocenters. The highest BCUT2D eigenvalue weighted by atomic mass is 16.3. The molecular weight excluding hydrogens is 190 g/mol. The van der Waals surface area contributed by atoms with Gasteiger partial charge in [0.1, 0.15) is 0 Å². The average molecular weight is 213 g/mol. The predicted octanol–water partition coefficient (Wildman–Crippen LogP) is 1.70. The maximum atomic E-state index is 11.1. The monoisotopic (exact) mass is 213 g/mol. The van der Waals surface area contributed by atoms with Gasteiger partial charge >= 0.3 is 0 Å². The zero-order valence-corrected chi connectivity index (χ0v) is 10.2. The maximum Gasteiger partial charge on any atom is 0.217 e. The zero-order chi connectivity index (χ0) is 11.6. The third kappa shape index (κ3) is 3.20. The van der Waals surface area contributed by atoms with Crippen LogP contribution in [0.1, 0.15) is 47.0 Å². The second kappa shape index (κ2) is 4.52. The molecule has 3 heteroatoms. The second-order valence-corrected chi connectivity index (χ2v) is 5.49. The lowest BCUT2D eigenvalue weighted by Crippen LogP contribution is -2.53. The van der Waals surface area contributed by atoms with E-state index in [0.29, 0.717) is 5.92 Å². The van der Waals surface area contributed by atoms with Gasteiger partial charge in [0.2, 0.25) is 5.91 Å². The van der Waals surface area contributed by atoms with E-state index in [1.807, 2.05) is 13.8 Å². The summed E-state index contributed by atoms with van der Waals surface area (Å²) in [7, 11) is 0. The molecule has 1 rings (SSSR count). The summed E-state index contributed by atoms with van der Waals surface area (Å²) in [5.41, 5.74) is -0.300. The van der Waals surface area contributed by atoms with Crippen molar-refractivity contribution in [1.82, 2.24) is 5.32 Å². The Morgan fingerprint density at radius 3 is 2.47 bits per heavy atom. The minimum absolute atomic E-state index is 0.0224. The van der Waals surface area contributed by atoms with E-state index in [2.05, 4.69) is 12.2 Å². The van der Waals surface area contributed by atoms with Crippen LogP contribution in [-0.2, 0) is 4.79 Å². The van der Waals surface area contributed by atoms with E-state index in [1.54, 1.807) is 0 Å². The van der Waals surface area contributed by atoms with Gasteiger partial charge in [-0.25, -0.2) is 0 Å². The van der Waals surface area contributed by atoms with Crippen LogP contribution in [0.5, 0.6) is 0 Å². The van der Waals surface area contributed by atoms with Crippen molar-refractivity contribution in [3.05, 3.63) is 0 Å². The van der Waals surface area contributed by atoms with Crippen LogP contribution in [0, 0.1) is 11.8 Å². The van der Waals surface area contributed by atoms with Crippen molar-refractivity contribution in [3.8, 4) is 0 Å². The van der Waals surface area contributed by atoms with Crippen molar-refractivity contribution in [1.29, 1.82) is 0 Å². The standard InChI is InChI=1S/C12H23NO2/c1-8-5-6-10(11(15)7-8)12(3,4)13-9(2)14/h8,10-11,15H,5-7H2,1-4H3,(H,13,14)/t8-,10+,11+/m1/s1. The normalized spacial score (nSPS) is 32.5. The molecule has 0 bridgehead atoms. The number of rotatable bonds is 2. The zero-order valence-electron chi connectivity index (χ0n) is 10.2. The molecule has 0 spiro atoms. The van der Waals surface area contributed by atoms with Crippen LogP contribution in [0.3, 0.4) is 0 Å². The number of hydrogen-bond acceptors (Lipinski definition) is 2. The van der Waals surface area contributed by atoms with E-state index in [1.165, 1.54) is 6.92 Å². The molecule has 0 saturated heterocycles. The van der Waals surface area contributed by atoms with Gasteiger partial charge in [-0.2, -0.15) is 0 Å². The second-order valence-electron chi connectivity index (χ2n) is 5.49. The first-order valence-corrected chi connectivity index (χ1v) is 5.79. The number of carbonyl (C=O) groups excluding carboxylic acids is 1. The highest BCUT2D eigenvalue weighted by Gasteiger charge is 2.38. The van der Waals surface area contributed by atoms with Gasteiger partial charge in [-0.3, -0.25) is 4.79 Å². The average Bonchev–Trinajstić information content (AvgIpc) is 1.99. The van der Waals surface area contributed by atoms with Crippen LogP contribution in [0.2, 0.25) is 0 Å². The van der Waals surface area contributed by atoms with Crippen LogP contribution in [0.4, 0.5) is 0 Å². The number of amides is 1. The Morgan fingerprint density at radius 2 is 2.00 bits per heavy atom. The Morgan fingerprint density at radius 1 is 1.40 bits per heavy atom. The SMILES string of the molecule is CC(=O)NC(C)(C)[C@H]1CC[C@@H](C)C[C@@H]1O. The molecule has 0 heterocycles. The fraction of sp³-hybridized carbons (Fsp3) is 0.917. The summed E-state index contributed by atoms with van der Waals surface area (Å²) in [6.45, 7) is 7.70. The van der Waals surface area contributed by atoms with E-state index in [0.717, 1.165) is 19.3 Å². The molecule has 0 aromatic rings. The van der Waals surface area contributed by atoms with Crippen LogP contribution >= 0.6 is 0 Å². The van der Waals surface area contributed by atoms with E-state index < -0.39 is 0 Å². The van der Waals surface area contributed by atoms with Gasteiger partial charge in [0, 0.05) is 18.4 Å². The van der Waals surface area contributed by atoms with Gasteiger partial charge in [-0.05, 0) is 32.6 Å². The third-order valence-corrected chi connectivity index (χ3v) is 3.50. The van der Waals surface area contributed by atoms with Gasteiger partial charge in [0.05, 0.1) is 6.10 Å². The summed E-state index contributed by atoms with van der Waals surface area (Å²) in [6, 6.07) is 0. The first-order chi connectivity index (χ1) is 6.83. The topological polar surface area (TPSA) is 49.3 Å². The van der Waals surface area contributed by atoms with Crippen LogP contribution in [-0.4, -0.2) is 22.7 Å². The highest BCUT2D eigenvalue weighted by Crippen LogP contribution is 2.35. The molecular formula is C12H23NO2. The van der Waals surface area contributed by atoms with E-state index in [9.17, 15) is 9.90 Å². The predicted molar refractivity (Wildman–Crippen MR) is 60.4 cm³/mol. The molecule has 2 N–H and O–H groups in total. The van der Waals surface area contributed by atoms with E-state index in [4.69, 9.17) is 0 Å². The van der Waals surface area contributed by atoms with Crippen molar-refractivity contribution in [2.45, 2.75) is 58.6 Å². The first-order valence-electron chi connectivity index (χ1n) is 5.79. The Balaban J connectivity index is 2.65. The fourth-order valence-electron chi connectivity index (χ4n) is 2.74. The number of carbonyl (C=O) groups is 1. The first kappa shape index (κ1) is 12.5. The summed E-state index contributed by atoms with van der Waals surface area (Å²) in [4.78, 5) is 11.1. The molecule has 3 nitrogen and oxygen atoms in total. The largest absolute Gasteiger partial charge is 0.393 e. The van der Waals surface area contributed by atoms with E-state index >= 15 is 0 Å². The van der Waals surface area contributed by atoms with Gasteiger partial charge < -0.3 is 10.4 Å². The summed E-state index contributed by atoms with van der Waals surface area (Å²) in [5, 5.41) is 13.0. The molecule has 15 heavy (non-hydrogen) atoms. The van der Waals surface area contributed by atoms with Crippen molar-refractivity contribution >= 4 is 5.91 Å². The van der Waals surface area contributed by atoms with Gasteiger partial charge in [-0.15, -0.1) is 0 Å². The molecule has 1 amide bonds. The quantitative estimate of drug-likeness (QED) is 0.733. The minimum atomic E-state index is -0.300. The molecule has 1 aliphatic rings. The smallest absolute Gasteiger partial charge is 0.217 e. The minimum Gasteiger partial charge on any atom is -0.393 e. The lowest BCUT2D eigenvalue weighted by Gasteiger charge is -2.42. The number of aliphatic hydroxyl groups is 1. The summed E-state index contributed by atoms with van der Waals surface area (Å²) < 4.78 is 0. The molecule has 1 saturated carbocycles.